The van der Waals surface area contributed by atoms with Crippen molar-refractivity contribution in [2.75, 3.05) is 24.9 Å². The van der Waals surface area contributed by atoms with E-state index >= 15 is 0 Å². The minimum atomic E-state index is -0.422. The second-order valence-electron chi connectivity index (χ2n) is 6.35. The summed E-state index contributed by atoms with van der Waals surface area (Å²) in [5.74, 6) is -0.774. The Kier molecular flexibility index (Phi) is 7.03. The van der Waals surface area contributed by atoms with Crippen LogP contribution in [0.3, 0.4) is 0 Å². The maximum Gasteiger partial charge on any atom is 0.350 e. The van der Waals surface area contributed by atoms with Crippen molar-refractivity contribution < 1.29 is 19.1 Å². The van der Waals surface area contributed by atoms with E-state index in [9.17, 15) is 9.59 Å². The Bertz CT molecular complexity index is 888. The van der Waals surface area contributed by atoms with Crippen LogP contribution in [0.5, 0.6) is 0 Å². The Morgan fingerprint density at radius 3 is 2.46 bits per heavy atom. The standard InChI is InChI=1S/C19H22N2O4S3/c1-24-17(22)14-11-7-5-3-4-6-8-13(11)28-16(14)21-19(26)20-12-9-10-27-15(12)18(23)25-2/h9-10H,3-8H2,1-2H3,(H2,20,21,26). The fourth-order valence-corrected chi connectivity index (χ4v) is 5.56. The summed E-state index contributed by atoms with van der Waals surface area (Å²) < 4.78 is 9.82. The van der Waals surface area contributed by atoms with E-state index in [1.807, 2.05) is 0 Å². The van der Waals surface area contributed by atoms with Gasteiger partial charge in [-0.25, -0.2) is 9.59 Å². The lowest BCUT2D eigenvalue weighted by molar-refractivity contribution is 0.0594. The Morgan fingerprint density at radius 2 is 1.75 bits per heavy atom. The number of thiocarbonyl (C=S) groups is 1. The lowest BCUT2D eigenvalue weighted by Gasteiger charge is -2.12. The van der Waals surface area contributed by atoms with Crippen LogP contribution < -0.4 is 10.6 Å². The molecule has 0 aromatic carbocycles. The average Bonchev–Trinajstić information content (AvgIpc) is 3.25. The molecule has 6 nitrogen and oxygen atoms in total. The molecular weight excluding hydrogens is 416 g/mol. The molecule has 0 saturated heterocycles. The topological polar surface area (TPSA) is 76.7 Å². The molecule has 2 heterocycles. The van der Waals surface area contributed by atoms with Gasteiger partial charge in [0.25, 0.3) is 0 Å². The van der Waals surface area contributed by atoms with E-state index in [1.165, 1.54) is 43.3 Å². The summed E-state index contributed by atoms with van der Waals surface area (Å²) in [5.41, 5.74) is 2.23. The highest BCUT2D eigenvalue weighted by molar-refractivity contribution is 7.80. The van der Waals surface area contributed by atoms with Crippen LogP contribution in [-0.4, -0.2) is 31.3 Å². The third-order valence-corrected chi connectivity index (χ3v) is 6.88. The lowest BCUT2D eigenvalue weighted by atomic mass is 9.96. The third-order valence-electron chi connectivity index (χ3n) is 4.57. The quantitative estimate of drug-likeness (QED) is 0.522. The molecule has 2 aromatic rings. The van der Waals surface area contributed by atoms with Crippen molar-refractivity contribution in [1.82, 2.24) is 0 Å². The number of methoxy groups -OCH3 is 2. The molecular formula is C19H22N2O4S3. The van der Waals surface area contributed by atoms with Gasteiger partial charge in [0.1, 0.15) is 9.88 Å². The largest absolute Gasteiger partial charge is 0.465 e. The lowest BCUT2D eigenvalue weighted by Crippen LogP contribution is -2.21. The number of esters is 2. The molecule has 150 valence electrons. The van der Waals surface area contributed by atoms with E-state index in [-0.39, 0.29) is 5.97 Å². The average molecular weight is 439 g/mol. The molecule has 2 N–H and O–H groups in total. The second kappa shape index (κ2) is 9.49. The van der Waals surface area contributed by atoms with Gasteiger partial charge in [0.15, 0.2) is 5.11 Å². The van der Waals surface area contributed by atoms with Crippen LogP contribution in [0.2, 0.25) is 0 Å². The van der Waals surface area contributed by atoms with Gasteiger partial charge in [0.05, 0.1) is 25.5 Å². The van der Waals surface area contributed by atoms with E-state index < -0.39 is 5.97 Å². The maximum absolute atomic E-state index is 12.5. The van der Waals surface area contributed by atoms with Crippen LogP contribution in [-0.2, 0) is 22.3 Å². The van der Waals surface area contributed by atoms with Gasteiger partial charge in [-0.05, 0) is 54.9 Å². The number of hydrogen-bond acceptors (Lipinski definition) is 7. The zero-order chi connectivity index (χ0) is 20.1. The number of rotatable bonds is 4. The summed E-state index contributed by atoms with van der Waals surface area (Å²) in [5, 5.41) is 8.94. The molecule has 0 spiro atoms. The zero-order valence-electron chi connectivity index (χ0n) is 15.8. The first-order valence-electron chi connectivity index (χ1n) is 9.01. The van der Waals surface area contributed by atoms with Crippen molar-refractivity contribution in [3.8, 4) is 0 Å². The summed E-state index contributed by atoms with van der Waals surface area (Å²) in [6, 6.07) is 1.76. The summed E-state index contributed by atoms with van der Waals surface area (Å²) in [4.78, 5) is 26.0. The van der Waals surface area contributed by atoms with E-state index in [2.05, 4.69) is 10.6 Å². The molecule has 0 saturated carbocycles. The number of fused-ring (bicyclic) bond motifs is 1. The molecule has 9 heteroatoms. The highest BCUT2D eigenvalue weighted by Gasteiger charge is 2.25. The van der Waals surface area contributed by atoms with Gasteiger partial charge in [0, 0.05) is 4.88 Å². The number of nitrogens with one attached hydrogen (secondary N) is 2. The van der Waals surface area contributed by atoms with Crippen molar-refractivity contribution in [1.29, 1.82) is 0 Å². The van der Waals surface area contributed by atoms with Gasteiger partial charge < -0.3 is 20.1 Å². The normalized spacial score (nSPS) is 13.6. The molecule has 1 aliphatic rings. The number of carbonyl (C=O) groups excluding carboxylic acids is 2. The van der Waals surface area contributed by atoms with Crippen molar-refractivity contribution in [3.05, 3.63) is 32.3 Å². The van der Waals surface area contributed by atoms with Crippen LogP contribution >= 0.6 is 34.9 Å². The molecule has 0 bridgehead atoms. The van der Waals surface area contributed by atoms with Gasteiger partial charge in [-0.2, -0.15) is 0 Å². The molecule has 0 unspecified atom stereocenters. The first-order chi connectivity index (χ1) is 13.5. The van der Waals surface area contributed by atoms with E-state index in [4.69, 9.17) is 21.7 Å². The molecule has 0 atom stereocenters. The SMILES string of the molecule is COC(=O)c1sccc1NC(=S)Nc1sc2c(c1C(=O)OC)CCCCCC2. The minimum Gasteiger partial charge on any atom is -0.465 e. The van der Waals surface area contributed by atoms with Crippen LogP contribution in [0.25, 0.3) is 0 Å². The predicted octanol–water partition coefficient (Wildman–Crippen LogP) is 4.85. The van der Waals surface area contributed by atoms with Crippen molar-refractivity contribution in [2.24, 2.45) is 0 Å². The van der Waals surface area contributed by atoms with Gasteiger partial charge in [0.2, 0.25) is 0 Å². The molecule has 3 rings (SSSR count). The summed E-state index contributed by atoms with van der Waals surface area (Å²) >= 11 is 8.26. The highest BCUT2D eigenvalue weighted by Crippen LogP contribution is 2.37. The van der Waals surface area contributed by atoms with Crippen LogP contribution in [0, 0.1) is 0 Å². The Hall–Kier alpha value is -1.97. The Morgan fingerprint density at radius 1 is 1.04 bits per heavy atom. The van der Waals surface area contributed by atoms with Gasteiger partial charge in [-0.15, -0.1) is 22.7 Å². The smallest absolute Gasteiger partial charge is 0.350 e. The van der Waals surface area contributed by atoms with Crippen molar-refractivity contribution >= 4 is 62.6 Å². The van der Waals surface area contributed by atoms with Crippen LogP contribution in [0.15, 0.2) is 11.4 Å². The van der Waals surface area contributed by atoms with Crippen molar-refractivity contribution in [2.45, 2.75) is 38.5 Å². The number of thiophene rings is 2. The number of ether oxygens (including phenoxy) is 2. The second-order valence-corrected chi connectivity index (χ2v) is 8.78. The van der Waals surface area contributed by atoms with E-state index in [0.29, 0.717) is 26.2 Å². The van der Waals surface area contributed by atoms with Gasteiger partial charge >= 0.3 is 11.9 Å². The Balaban J connectivity index is 1.84. The Labute approximate surface area is 177 Å². The highest BCUT2D eigenvalue weighted by atomic mass is 32.1. The summed E-state index contributed by atoms with van der Waals surface area (Å²) in [6.45, 7) is 0. The molecule has 0 aliphatic heterocycles. The fourth-order valence-electron chi connectivity index (χ4n) is 3.24. The first kappa shape index (κ1) is 20.8. The van der Waals surface area contributed by atoms with Gasteiger partial charge in [-0.3, -0.25) is 0 Å². The van der Waals surface area contributed by atoms with E-state index in [1.54, 1.807) is 22.8 Å². The summed E-state index contributed by atoms with van der Waals surface area (Å²) in [6.07, 6.45) is 6.40. The molecule has 2 aromatic heterocycles. The fraction of sp³-hybridized carbons (Fsp3) is 0.421. The number of carbonyl (C=O) groups is 2. The first-order valence-corrected chi connectivity index (χ1v) is 11.1. The molecule has 28 heavy (non-hydrogen) atoms. The summed E-state index contributed by atoms with van der Waals surface area (Å²) in [7, 11) is 2.73. The monoisotopic (exact) mass is 438 g/mol. The van der Waals surface area contributed by atoms with Crippen LogP contribution in [0.1, 0.15) is 56.2 Å². The maximum atomic E-state index is 12.5. The minimum absolute atomic E-state index is 0.308. The van der Waals surface area contributed by atoms with Gasteiger partial charge in [-0.1, -0.05) is 12.8 Å². The third kappa shape index (κ3) is 4.53. The molecule has 0 radical (unpaired) electrons. The molecule has 0 amide bonds. The molecule has 1 aliphatic carbocycles. The van der Waals surface area contributed by atoms with Crippen molar-refractivity contribution in [3.63, 3.8) is 0 Å². The number of hydrogen-bond donors (Lipinski definition) is 2. The number of aryl methyl sites for hydroxylation is 1. The number of anilines is 2. The molecule has 0 fully saturated rings. The zero-order valence-corrected chi connectivity index (χ0v) is 18.2. The van der Waals surface area contributed by atoms with E-state index in [0.717, 1.165) is 31.2 Å². The predicted molar refractivity (Wildman–Crippen MR) is 117 cm³/mol. The van der Waals surface area contributed by atoms with Crippen LogP contribution in [0.4, 0.5) is 10.7 Å².